The number of aliphatic hydroxyl groups is 1. The fourth-order valence-corrected chi connectivity index (χ4v) is 2.71. The van der Waals surface area contributed by atoms with Crippen LogP contribution < -0.4 is 15.8 Å². The largest absolute Gasteiger partial charge is 0.394 e. The van der Waals surface area contributed by atoms with Gasteiger partial charge in [0.05, 0.1) is 25.0 Å². The lowest BCUT2D eigenvalue weighted by Crippen LogP contribution is -2.36. The highest BCUT2D eigenvalue weighted by molar-refractivity contribution is 9.10. The molecule has 1 aliphatic rings. The molecule has 1 unspecified atom stereocenters. The standard InChI is InChI=1S/C11H17BrN4O2/c1-15(8-2-3-13-6-8)9-7-14-16(4-5-17)11(18)10(9)12/h7-8,13,17H,2-6H2,1H3. The maximum absolute atomic E-state index is 12.0. The molecule has 2 heterocycles. The van der Waals surface area contributed by atoms with Crippen molar-refractivity contribution in [2.45, 2.75) is 19.0 Å². The van der Waals surface area contributed by atoms with Crippen molar-refractivity contribution in [3.05, 3.63) is 21.0 Å². The van der Waals surface area contributed by atoms with Crippen LogP contribution in [0.3, 0.4) is 0 Å². The minimum atomic E-state index is -0.209. The molecule has 0 saturated carbocycles. The van der Waals surface area contributed by atoms with Crippen LogP contribution in [0.4, 0.5) is 5.69 Å². The van der Waals surface area contributed by atoms with Crippen molar-refractivity contribution in [1.82, 2.24) is 15.1 Å². The lowest BCUT2D eigenvalue weighted by atomic mass is 10.2. The summed E-state index contributed by atoms with van der Waals surface area (Å²) in [6, 6.07) is 0.385. The summed E-state index contributed by atoms with van der Waals surface area (Å²) in [5.74, 6) is 0. The van der Waals surface area contributed by atoms with E-state index in [1.807, 2.05) is 7.05 Å². The van der Waals surface area contributed by atoms with Crippen LogP contribution in [0, 0.1) is 0 Å². The van der Waals surface area contributed by atoms with Gasteiger partial charge in [-0.15, -0.1) is 0 Å². The Morgan fingerprint density at radius 2 is 2.50 bits per heavy atom. The molecule has 0 aromatic carbocycles. The van der Waals surface area contributed by atoms with Gasteiger partial charge < -0.3 is 15.3 Å². The van der Waals surface area contributed by atoms with Gasteiger partial charge in [-0.1, -0.05) is 0 Å². The molecule has 1 aromatic heterocycles. The molecule has 2 rings (SSSR count). The number of rotatable bonds is 4. The molecule has 1 aliphatic heterocycles. The highest BCUT2D eigenvalue weighted by Crippen LogP contribution is 2.23. The highest BCUT2D eigenvalue weighted by atomic mass is 79.9. The molecule has 1 fully saturated rings. The third kappa shape index (κ3) is 2.57. The number of nitrogens with one attached hydrogen (secondary N) is 1. The molecule has 1 saturated heterocycles. The van der Waals surface area contributed by atoms with Gasteiger partial charge in [-0.05, 0) is 28.9 Å². The number of hydrogen-bond acceptors (Lipinski definition) is 5. The molecule has 1 atom stereocenters. The molecule has 2 N–H and O–H groups in total. The van der Waals surface area contributed by atoms with Crippen molar-refractivity contribution in [3.8, 4) is 0 Å². The molecule has 0 aliphatic carbocycles. The molecule has 1 aromatic rings. The Bertz CT molecular complexity index is 471. The average Bonchev–Trinajstić information content (AvgIpc) is 2.88. The summed E-state index contributed by atoms with van der Waals surface area (Å²) in [4.78, 5) is 14.1. The average molecular weight is 317 g/mol. The van der Waals surface area contributed by atoms with Crippen LogP contribution in [0.2, 0.25) is 0 Å². The lowest BCUT2D eigenvalue weighted by Gasteiger charge is -2.26. The molecule has 0 amide bonds. The van der Waals surface area contributed by atoms with Crippen molar-refractivity contribution >= 4 is 21.6 Å². The van der Waals surface area contributed by atoms with Gasteiger partial charge in [0.1, 0.15) is 4.47 Å². The SMILES string of the molecule is CN(c1cnn(CCO)c(=O)c1Br)C1CCNC1. The molecule has 0 radical (unpaired) electrons. The van der Waals surface area contributed by atoms with Crippen LogP contribution in [0.1, 0.15) is 6.42 Å². The molecule has 0 bridgehead atoms. The first-order valence-electron chi connectivity index (χ1n) is 5.95. The Labute approximate surface area is 114 Å². The smallest absolute Gasteiger partial charge is 0.283 e. The first-order chi connectivity index (χ1) is 8.65. The van der Waals surface area contributed by atoms with Crippen molar-refractivity contribution in [2.75, 3.05) is 31.6 Å². The summed E-state index contributed by atoms with van der Waals surface area (Å²) >= 11 is 3.33. The molecular weight excluding hydrogens is 300 g/mol. The maximum Gasteiger partial charge on any atom is 0.283 e. The molecule has 6 nitrogen and oxygen atoms in total. The van der Waals surface area contributed by atoms with Crippen LogP contribution in [0.25, 0.3) is 0 Å². The third-order valence-electron chi connectivity index (χ3n) is 3.24. The Balaban J connectivity index is 2.28. The van der Waals surface area contributed by atoms with E-state index in [1.165, 1.54) is 4.68 Å². The van der Waals surface area contributed by atoms with E-state index in [-0.39, 0.29) is 18.7 Å². The molecule has 18 heavy (non-hydrogen) atoms. The Hall–Kier alpha value is -0.920. The number of anilines is 1. The Morgan fingerprint density at radius 1 is 1.72 bits per heavy atom. The summed E-state index contributed by atoms with van der Waals surface area (Å²) in [5, 5.41) is 16.2. The fourth-order valence-electron chi connectivity index (χ4n) is 2.12. The summed E-state index contributed by atoms with van der Waals surface area (Å²) in [5.41, 5.74) is 0.585. The van der Waals surface area contributed by atoms with E-state index in [2.05, 4.69) is 31.2 Å². The van der Waals surface area contributed by atoms with Crippen molar-refractivity contribution in [3.63, 3.8) is 0 Å². The summed E-state index contributed by atoms with van der Waals surface area (Å²) in [6.45, 7) is 2.04. The Morgan fingerprint density at radius 3 is 3.11 bits per heavy atom. The van der Waals surface area contributed by atoms with E-state index in [0.717, 1.165) is 25.2 Å². The lowest BCUT2D eigenvalue weighted by molar-refractivity contribution is 0.266. The quantitative estimate of drug-likeness (QED) is 0.805. The minimum absolute atomic E-state index is 0.0962. The number of likely N-dealkylation sites (N-methyl/N-ethyl adjacent to an activating group) is 1. The van der Waals surface area contributed by atoms with Crippen LogP contribution in [-0.4, -0.2) is 47.7 Å². The highest BCUT2D eigenvalue weighted by Gasteiger charge is 2.22. The first-order valence-corrected chi connectivity index (χ1v) is 6.74. The summed E-state index contributed by atoms with van der Waals surface area (Å²) in [6.07, 6.45) is 2.72. The number of halogens is 1. The number of nitrogens with zero attached hydrogens (tertiary/aromatic N) is 3. The molecule has 100 valence electrons. The molecule has 0 spiro atoms. The van der Waals surface area contributed by atoms with Crippen molar-refractivity contribution in [2.24, 2.45) is 0 Å². The van der Waals surface area contributed by atoms with Crippen LogP contribution in [0.15, 0.2) is 15.5 Å². The second-order valence-electron chi connectivity index (χ2n) is 4.35. The van der Waals surface area contributed by atoms with Crippen LogP contribution in [0.5, 0.6) is 0 Å². The molecular formula is C11H17BrN4O2. The van der Waals surface area contributed by atoms with E-state index in [4.69, 9.17) is 5.11 Å². The maximum atomic E-state index is 12.0. The zero-order chi connectivity index (χ0) is 13.1. The van der Waals surface area contributed by atoms with Crippen molar-refractivity contribution in [1.29, 1.82) is 0 Å². The van der Waals surface area contributed by atoms with Gasteiger partial charge in [0.25, 0.3) is 5.56 Å². The zero-order valence-corrected chi connectivity index (χ0v) is 11.9. The van der Waals surface area contributed by atoms with Gasteiger partial charge in [-0.3, -0.25) is 4.79 Å². The van der Waals surface area contributed by atoms with E-state index >= 15 is 0 Å². The minimum Gasteiger partial charge on any atom is -0.394 e. The van der Waals surface area contributed by atoms with Gasteiger partial charge >= 0.3 is 0 Å². The van der Waals surface area contributed by atoms with Crippen molar-refractivity contribution < 1.29 is 5.11 Å². The van der Waals surface area contributed by atoms with Gasteiger partial charge in [-0.2, -0.15) is 5.10 Å². The second kappa shape index (κ2) is 5.81. The van der Waals surface area contributed by atoms with E-state index in [9.17, 15) is 4.79 Å². The third-order valence-corrected chi connectivity index (χ3v) is 3.99. The Kier molecular flexibility index (Phi) is 4.36. The topological polar surface area (TPSA) is 70.4 Å². The van der Waals surface area contributed by atoms with E-state index in [1.54, 1.807) is 6.20 Å². The van der Waals surface area contributed by atoms with Gasteiger partial charge in [0.2, 0.25) is 0 Å². The fraction of sp³-hybridized carbons (Fsp3) is 0.636. The second-order valence-corrected chi connectivity index (χ2v) is 5.15. The normalized spacial score (nSPS) is 19.2. The van der Waals surface area contributed by atoms with E-state index < -0.39 is 0 Å². The van der Waals surface area contributed by atoms with Gasteiger partial charge in [0.15, 0.2) is 0 Å². The van der Waals surface area contributed by atoms with Gasteiger partial charge in [0, 0.05) is 19.6 Å². The zero-order valence-electron chi connectivity index (χ0n) is 10.3. The van der Waals surface area contributed by atoms with E-state index in [0.29, 0.717) is 10.5 Å². The number of hydrogen-bond donors (Lipinski definition) is 2. The molecule has 7 heteroatoms. The summed E-state index contributed by atoms with van der Waals surface area (Å²) < 4.78 is 1.76. The number of aliphatic hydroxyl groups excluding tert-OH is 1. The summed E-state index contributed by atoms with van der Waals surface area (Å²) in [7, 11) is 1.97. The monoisotopic (exact) mass is 316 g/mol. The van der Waals surface area contributed by atoms with Crippen LogP contribution in [-0.2, 0) is 6.54 Å². The van der Waals surface area contributed by atoms with Gasteiger partial charge in [-0.25, -0.2) is 4.68 Å². The van der Waals surface area contributed by atoms with Crippen LogP contribution >= 0.6 is 15.9 Å². The predicted octanol–water partition coefficient (Wildman–Crippen LogP) is -0.204. The first kappa shape index (κ1) is 13.5. The number of aromatic nitrogens is 2. The predicted molar refractivity (Wildman–Crippen MR) is 73.0 cm³/mol.